The van der Waals surface area contributed by atoms with E-state index < -0.39 is 0 Å². The fraction of sp³-hybridized carbons (Fsp3) is 0.200. The van der Waals surface area contributed by atoms with Gasteiger partial charge in [0.15, 0.2) is 23.1 Å². The average Bonchev–Trinajstić information content (AvgIpc) is 2.71. The van der Waals surface area contributed by atoms with Gasteiger partial charge in [-0.3, -0.25) is 0 Å². The van der Waals surface area contributed by atoms with Gasteiger partial charge < -0.3 is 30.6 Å². The monoisotopic (exact) mass is 379 g/mol. The summed E-state index contributed by atoms with van der Waals surface area (Å²) >= 11 is 0. The minimum Gasteiger partial charge on any atom is -0.495 e. The molecule has 4 rings (SSSR count). The highest BCUT2D eigenvalue weighted by atomic mass is 16.6. The van der Waals surface area contributed by atoms with Crippen molar-refractivity contribution in [2.24, 2.45) is 0 Å². The number of nitrogens with zero attached hydrogens (tertiary/aromatic N) is 2. The summed E-state index contributed by atoms with van der Waals surface area (Å²) in [5, 5.41) is 6.43. The summed E-state index contributed by atoms with van der Waals surface area (Å²) in [6.45, 7) is 3.08. The molecule has 0 unspecified atom stereocenters. The van der Waals surface area contributed by atoms with E-state index in [9.17, 15) is 0 Å². The topological polar surface area (TPSA) is 104 Å². The van der Waals surface area contributed by atoms with E-state index in [1.807, 2.05) is 43.3 Å². The molecule has 0 saturated carbocycles. The SMILES string of the molecule is COc1ccc(C)cc1Nc1ncnc(Nc2ccc3c(c2)OCCO3)c1N. The number of nitrogen functional groups attached to an aromatic ring is 1. The summed E-state index contributed by atoms with van der Waals surface area (Å²) in [6.07, 6.45) is 1.45. The van der Waals surface area contributed by atoms with Crippen LogP contribution in [0.5, 0.6) is 17.2 Å². The molecule has 3 aromatic rings. The molecule has 0 radical (unpaired) electrons. The summed E-state index contributed by atoms with van der Waals surface area (Å²) in [4.78, 5) is 8.52. The molecule has 2 aromatic carbocycles. The molecular formula is C20H21N5O3. The number of hydrogen-bond donors (Lipinski definition) is 3. The lowest BCUT2D eigenvalue weighted by Crippen LogP contribution is -2.15. The third-order valence-electron chi connectivity index (χ3n) is 4.30. The van der Waals surface area contributed by atoms with Gasteiger partial charge in [-0.05, 0) is 36.8 Å². The zero-order chi connectivity index (χ0) is 19.5. The highest BCUT2D eigenvalue weighted by Gasteiger charge is 2.14. The molecule has 2 heterocycles. The molecule has 0 saturated heterocycles. The van der Waals surface area contributed by atoms with Gasteiger partial charge in [0.2, 0.25) is 0 Å². The van der Waals surface area contributed by atoms with E-state index in [0.717, 1.165) is 22.7 Å². The number of benzene rings is 2. The molecule has 8 nitrogen and oxygen atoms in total. The fourth-order valence-corrected chi connectivity index (χ4v) is 2.90. The Bertz CT molecular complexity index is 1010. The van der Waals surface area contributed by atoms with Crippen LogP contribution in [-0.2, 0) is 0 Å². The Morgan fingerprint density at radius 1 is 0.964 bits per heavy atom. The van der Waals surface area contributed by atoms with E-state index in [1.54, 1.807) is 7.11 Å². The number of methoxy groups -OCH3 is 1. The molecule has 0 spiro atoms. The molecule has 1 aliphatic heterocycles. The van der Waals surface area contributed by atoms with Gasteiger partial charge in [-0.1, -0.05) is 6.07 Å². The molecule has 144 valence electrons. The van der Waals surface area contributed by atoms with Crippen molar-refractivity contribution >= 4 is 28.7 Å². The first-order valence-electron chi connectivity index (χ1n) is 8.83. The second kappa shape index (κ2) is 7.51. The zero-order valence-electron chi connectivity index (χ0n) is 15.7. The summed E-state index contributed by atoms with van der Waals surface area (Å²) in [5.74, 6) is 3.08. The quantitative estimate of drug-likeness (QED) is 0.617. The fourth-order valence-electron chi connectivity index (χ4n) is 2.90. The van der Waals surface area contributed by atoms with Crippen LogP contribution in [0.3, 0.4) is 0 Å². The number of nitrogens with two attached hydrogens (primary N) is 1. The summed E-state index contributed by atoms with van der Waals surface area (Å²) in [7, 11) is 1.62. The van der Waals surface area contributed by atoms with E-state index in [-0.39, 0.29) is 0 Å². The number of aromatic nitrogens is 2. The molecule has 8 heteroatoms. The van der Waals surface area contributed by atoms with Gasteiger partial charge in [-0.25, -0.2) is 9.97 Å². The maximum atomic E-state index is 6.30. The Morgan fingerprint density at radius 2 is 1.71 bits per heavy atom. The highest BCUT2D eigenvalue weighted by molar-refractivity contribution is 5.81. The standard InChI is InChI=1S/C20H21N5O3/c1-12-3-5-15(26-2)14(9-12)25-20-18(21)19(22-11-23-20)24-13-4-6-16-17(10-13)28-8-7-27-16/h3-6,9-11H,7-8,21H2,1-2H3,(H2,22,23,24,25). The van der Waals surface area contributed by atoms with E-state index >= 15 is 0 Å². The first-order valence-corrected chi connectivity index (χ1v) is 8.83. The van der Waals surface area contributed by atoms with Crippen LogP contribution in [0.15, 0.2) is 42.7 Å². The molecule has 0 bridgehead atoms. The first-order chi connectivity index (χ1) is 13.6. The summed E-state index contributed by atoms with van der Waals surface area (Å²) in [5.41, 5.74) is 9.34. The lowest BCUT2D eigenvalue weighted by Gasteiger charge is -2.19. The number of ether oxygens (including phenoxy) is 3. The molecule has 0 atom stereocenters. The molecule has 28 heavy (non-hydrogen) atoms. The lowest BCUT2D eigenvalue weighted by atomic mass is 10.2. The van der Waals surface area contributed by atoms with Crippen LogP contribution in [0.2, 0.25) is 0 Å². The van der Waals surface area contributed by atoms with Crippen molar-refractivity contribution in [1.29, 1.82) is 0 Å². The van der Waals surface area contributed by atoms with Crippen LogP contribution in [0.1, 0.15) is 5.56 Å². The molecular weight excluding hydrogens is 358 g/mol. The lowest BCUT2D eigenvalue weighted by molar-refractivity contribution is 0.171. The first kappa shape index (κ1) is 17.7. The predicted octanol–water partition coefficient (Wildman–Crippen LogP) is 3.63. The van der Waals surface area contributed by atoms with Gasteiger partial charge in [0.25, 0.3) is 0 Å². The number of hydrogen-bond acceptors (Lipinski definition) is 8. The number of fused-ring (bicyclic) bond motifs is 1. The Hall–Kier alpha value is -3.68. The van der Waals surface area contributed by atoms with Gasteiger partial charge in [0, 0.05) is 11.8 Å². The number of rotatable bonds is 5. The molecule has 1 aliphatic rings. The van der Waals surface area contributed by atoms with Crippen molar-refractivity contribution in [2.75, 3.05) is 36.7 Å². The van der Waals surface area contributed by atoms with Gasteiger partial charge in [-0.2, -0.15) is 0 Å². The van der Waals surface area contributed by atoms with Crippen molar-refractivity contribution < 1.29 is 14.2 Å². The third-order valence-corrected chi connectivity index (χ3v) is 4.30. The third kappa shape index (κ3) is 3.57. The minimum absolute atomic E-state index is 0.390. The van der Waals surface area contributed by atoms with E-state index in [2.05, 4.69) is 20.6 Å². The predicted molar refractivity (Wildman–Crippen MR) is 108 cm³/mol. The number of aryl methyl sites for hydroxylation is 1. The minimum atomic E-state index is 0.390. The van der Waals surface area contributed by atoms with Gasteiger partial charge in [-0.15, -0.1) is 0 Å². The van der Waals surface area contributed by atoms with Crippen LogP contribution in [0.25, 0.3) is 0 Å². The second-order valence-corrected chi connectivity index (χ2v) is 6.30. The van der Waals surface area contributed by atoms with E-state index in [0.29, 0.717) is 42.0 Å². The van der Waals surface area contributed by atoms with Crippen LogP contribution < -0.4 is 30.6 Å². The molecule has 1 aromatic heterocycles. The Labute approximate surface area is 162 Å². The van der Waals surface area contributed by atoms with Crippen LogP contribution in [-0.4, -0.2) is 30.3 Å². The summed E-state index contributed by atoms with van der Waals surface area (Å²) in [6, 6.07) is 11.4. The molecule has 0 amide bonds. The van der Waals surface area contributed by atoms with E-state index in [4.69, 9.17) is 19.9 Å². The van der Waals surface area contributed by atoms with E-state index in [1.165, 1.54) is 6.33 Å². The highest BCUT2D eigenvalue weighted by Crippen LogP contribution is 2.36. The van der Waals surface area contributed by atoms with Gasteiger partial charge >= 0.3 is 0 Å². The van der Waals surface area contributed by atoms with Crippen LogP contribution in [0, 0.1) is 6.92 Å². The smallest absolute Gasteiger partial charge is 0.163 e. The van der Waals surface area contributed by atoms with Crippen molar-refractivity contribution in [1.82, 2.24) is 9.97 Å². The van der Waals surface area contributed by atoms with Gasteiger partial charge in [0.1, 0.15) is 31.0 Å². The van der Waals surface area contributed by atoms with Crippen LogP contribution >= 0.6 is 0 Å². The summed E-state index contributed by atoms with van der Waals surface area (Å²) < 4.78 is 16.6. The van der Waals surface area contributed by atoms with Crippen molar-refractivity contribution in [3.05, 3.63) is 48.3 Å². The Balaban J connectivity index is 1.60. The maximum absolute atomic E-state index is 6.30. The molecule has 0 aliphatic carbocycles. The van der Waals surface area contributed by atoms with Crippen molar-refractivity contribution in [3.63, 3.8) is 0 Å². The molecule has 0 fully saturated rings. The van der Waals surface area contributed by atoms with Crippen LogP contribution in [0.4, 0.5) is 28.7 Å². The zero-order valence-corrected chi connectivity index (χ0v) is 15.7. The maximum Gasteiger partial charge on any atom is 0.163 e. The van der Waals surface area contributed by atoms with Crippen molar-refractivity contribution in [2.45, 2.75) is 6.92 Å². The largest absolute Gasteiger partial charge is 0.495 e. The van der Waals surface area contributed by atoms with Crippen molar-refractivity contribution in [3.8, 4) is 17.2 Å². The molecule has 4 N–H and O–H groups in total. The second-order valence-electron chi connectivity index (χ2n) is 6.30. The normalized spacial score (nSPS) is 12.4. The Kier molecular flexibility index (Phi) is 4.76. The number of anilines is 5. The number of nitrogens with one attached hydrogen (secondary N) is 2. The van der Waals surface area contributed by atoms with Gasteiger partial charge in [0.05, 0.1) is 12.8 Å². The average molecular weight is 379 g/mol. The Morgan fingerprint density at radius 3 is 2.50 bits per heavy atom.